The molecule has 1 heterocycles. The SMILES string of the molecule is Cc1cccc(CNCc2c(Cl)cccc2S(C)(=O)=O)n1. The quantitative estimate of drug-likeness (QED) is 0.918. The summed E-state index contributed by atoms with van der Waals surface area (Å²) < 4.78 is 23.6. The van der Waals surface area contributed by atoms with Crippen molar-refractivity contribution in [2.45, 2.75) is 24.9 Å². The minimum Gasteiger partial charge on any atom is -0.307 e. The molecular formula is C15H17ClN2O2S. The predicted molar refractivity (Wildman–Crippen MR) is 84.1 cm³/mol. The molecule has 0 unspecified atom stereocenters. The monoisotopic (exact) mass is 324 g/mol. The lowest BCUT2D eigenvalue weighted by Gasteiger charge is -2.11. The lowest BCUT2D eigenvalue weighted by Crippen LogP contribution is -2.16. The Labute approximate surface area is 130 Å². The summed E-state index contributed by atoms with van der Waals surface area (Å²) in [6.07, 6.45) is 1.18. The third-order valence-electron chi connectivity index (χ3n) is 3.03. The molecule has 0 aliphatic rings. The molecule has 2 aromatic rings. The van der Waals surface area contributed by atoms with Crippen LogP contribution in [0.3, 0.4) is 0 Å². The fourth-order valence-electron chi connectivity index (χ4n) is 2.07. The van der Waals surface area contributed by atoms with Crippen molar-refractivity contribution in [2.24, 2.45) is 0 Å². The van der Waals surface area contributed by atoms with E-state index in [-0.39, 0.29) is 4.90 Å². The van der Waals surface area contributed by atoms with Crippen LogP contribution in [0.25, 0.3) is 0 Å². The maximum atomic E-state index is 11.8. The van der Waals surface area contributed by atoms with Crippen molar-refractivity contribution in [1.29, 1.82) is 0 Å². The van der Waals surface area contributed by atoms with Crippen LogP contribution >= 0.6 is 11.6 Å². The number of nitrogens with one attached hydrogen (secondary N) is 1. The van der Waals surface area contributed by atoms with E-state index in [9.17, 15) is 8.42 Å². The highest BCUT2D eigenvalue weighted by Crippen LogP contribution is 2.23. The number of hydrogen-bond acceptors (Lipinski definition) is 4. The number of sulfone groups is 1. The number of nitrogens with zero attached hydrogens (tertiary/aromatic N) is 1. The van der Waals surface area contributed by atoms with E-state index in [0.717, 1.165) is 11.4 Å². The molecule has 6 heteroatoms. The van der Waals surface area contributed by atoms with Gasteiger partial charge >= 0.3 is 0 Å². The van der Waals surface area contributed by atoms with Gasteiger partial charge in [0.15, 0.2) is 9.84 Å². The summed E-state index contributed by atoms with van der Waals surface area (Å²) in [5, 5.41) is 3.63. The maximum Gasteiger partial charge on any atom is 0.175 e. The third kappa shape index (κ3) is 4.27. The summed E-state index contributed by atoms with van der Waals surface area (Å²) in [7, 11) is -3.30. The van der Waals surface area contributed by atoms with Crippen molar-refractivity contribution in [2.75, 3.05) is 6.26 Å². The minimum absolute atomic E-state index is 0.264. The van der Waals surface area contributed by atoms with Gasteiger partial charge in [0.05, 0.1) is 10.6 Å². The van der Waals surface area contributed by atoms with Crippen molar-refractivity contribution in [3.63, 3.8) is 0 Å². The molecule has 0 aliphatic heterocycles. The van der Waals surface area contributed by atoms with Crippen LogP contribution in [-0.2, 0) is 22.9 Å². The van der Waals surface area contributed by atoms with Gasteiger partial charge in [0.25, 0.3) is 0 Å². The summed E-state index contributed by atoms with van der Waals surface area (Å²) in [5.74, 6) is 0. The van der Waals surface area contributed by atoms with Gasteiger partial charge in [-0.1, -0.05) is 23.7 Å². The number of halogens is 1. The summed E-state index contributed by atoms with van der Waals surface area (Å²) in [4.78, 5) is 4.65. The van der Waals surface area contributed by atoms with Crippen molar-refractivity contribution in [1.82, 2.24) is 10.3 Å². The molecule has 1 aromatic heterocycles. The standard InChI is InChI=1S/C15H17ClN2O2S/c1-11-5-3-6-12(18-11)9-17-10-13-14(16)7-4-8-15(13)21(2,19)20/h3-8,17H,9-10H2,1-2H3. The zero-order chi connectivity index (χ0) is 15.5. The van der Waals surface area contributed by atoms with E-state index in [2.05, 4.69) is 10.3 Å². The van der Waals surface area contributed by atoms with Gasteiger partial charge in [-0.3, -0.25) is 4.98 Å². The number of benzene rings is 1. The number of rotatable bonds is 5. The van der Waals surface area contributed by atoms with Crippen LogP contribution in [-0.4, -0.2) is 19.7 Å². The molecule has 0 bridgehead atoms. The predicted octanol–water partition coefficient (Wildman–Crippen LogP) is 2.74. The molecule has 112 valence electrons. The van der Waals surface area contributed by atoms with Gasteiger partial charge in [-0.05, 0) is 31.2 Å². The maximum absolute atomic E-state index is 11.8. The van der Waals surface area contributed by atoms with E-state index in [1.54, 1.807) is 18.2 Å². The van der Waals surface area contributed by atoms with Gasteiger partial charge < -0.3 is 5.32 Å². The minimum atomic E-state index is -3.30. The molecule has 0 amide bonds. The van der Waals surface area contributed by atoms with Crippen LogP contribution in [0, 0.1) is 6.92 Å². The Morgan fingerprint density at radius 2 is 1.86 bits per heavy atom. The molecular weight excluding hydrogens is 308 g/mol. The average Bonchev–Trinajstić information content (AvgIpc) is 2.39. The normalized spacial score (nSPS) is 11.6. The summed E-state index contributed by atoms with van der Waals surface area (Å²) >= 11 is 6.12. The first-order valence-electron chi connectivity index (χ1n) is 6.48. The smallest absolute Gasteiger partial charge is 0.175 e. The molecule has 0 spiro atoms. The molecule has 1 aromatic carbocycles. The Kier molecular flexibility index (Phi) is 4.98. The molecule has 0 atom stereocenters. The van der Waals surface area contributed by atoms with Gasteiger partial charge in [-0.2, -0.15) is 0 Å². The van der Waals surface area contributed by atoms with E-state index in [0.29, 0.717) is 23.7 Å². The molecule has 0 fully saturated rings. The zero-order valence-corrected chi connectivity index (χ0v) is 13.5. The van der Waals surface area contributed by atoms with Crippen LogP contribution in [0.5, 0.6) is 0 Å². The summed E-state index contributed by atoms with van der Waals surface area (Å²) in [6.45, 7) is 2.85. The van der Waals surface area contributed by atoms with Crippen molar-refractivity contribution < 1.29 is 8.42 Å². The van der Waals surface area contributed by atoms with Crippen LogP contribution < -0.4 is 5.32 Å². The van der Waals surface area contributed by atoms with Crippen molar-refractivity contribution >= 4 is 21.4 Å². The number of pyridine rings is 1. The Balaban J connectivity index is 2.14. The van der Waals surface area contributed by atoms with Crippen LogP contribution in [0.15, 0.2) is 41.3 Å². The lowest BCUT2D eigenvalue weighted by molar-refractivity contribution is 0.598. The Bertz CT molecular complexity index is 745. The number of aromatic nitrogens is 1. The summed E-state index contributed by atoms with van der Waals surface area (Å²) in [6, 6.07) is 10.7. The van der Waals surface area contributed by atoms with E-state index in [1.165, 1.54) is 6.26 Å². The molecule has 0 saturated heterocycles. The third-order valence-corrected chi connectivity index (χ3v) is 4.56. The topological polar surface area (TPSA) is 59.1 Å². The second-order valence-electron chi connectivity index (χ2n) is 4.86. The highest BCUT2D eigenvalue weighted by molar-refractivity contribution is 7.90. The lowest BCUT2D eigenvalue weighted by atomic mass is 10.2. The zero-order valence-electron chi connectivity index (χ0n) is 11.9. The van der Waals surface area contributed by atoms with Gasteiger partial charge in [-0.25, -0.2) is 8.42 Å². The Morgan fingerprint density at radius 3 is 2.52 bits per heavy atom. The van der Waals surface area contributed by atoms with Gasteiger partial charge in [0.1, 0.15) is 0 Å². The molecule has 2 rings (SSSR count). The first kappa shape index (κ1) is 15.9. The van der Waals surface area contributed by atoms with Crippen LogP contribution in [0.4, 0.5) is 0 Å². The Morgan fingerprint density at radius 1 is 1.14 bits per heavy atom. The molecule has 0 aliphatic carbocycles. The van der Waals surface area contributed by atoms with Crippen molar-refractivity contribution in [3.8, 4) is 0 Å². The summed E-state index contributed by atoms with van der Waals surface area (Å²) in [5.41, 5.74) is 2.45. The fraction of sp³-hybridized carbons (Fsp3) is 0.267. The first-order valence-corrected chi connectivity index (χ1v) is 8.75. The first-order chi connectivity index (χ1) is 9.88. The largest absolute Gasteiger partial charge is 0.307 e. The van der Waals surface area contributed by atoms with Gasteiger partial charge in [0, 0.05) is 35.6 Å². The van der Waals surface area contributed by atoms with Crippen LogP contribution in [0.2, 0.25) is 5.02 Å². The molecule has 0 saturated carbocycles. The van der Waals surface area contributed by atoms with E-state index < -0.39 is 9.84 Å². The van der Waals surface area contributed by atoms with Crippen molar-refractivity contribution in [3.05, 3.63) is 58.4 Å². The molecule has 4 nitrogen and oxygen atoms in total. The molecule has 21 heavy (non-hydrogen) atoms. The highest BCUT2D eigenvalue weighted by atomic mass is 35.5. The van der Waals surface area contributed by atoms with E-state index in [4.69, 9.17) is 11.6 Å². The van der Waals surface area contributed by atoms with E-state index >= 15 is 0 Å². The highest BCUT2D eigenvalue weighted by Gasteiger charge is 2.15. The number of hydrogen-bond donors (Lipinski definition) is 1. The van der Waals surface area contributed by atoms with Gasteiger partial charge in [0.2, 0.25) is 0 Å². The second kappa shape index (κ2) is 6.56. The second-order valence-corrected chi connectivity index (χ2v) is 7.25. The molecule has 0 radical (unpaired) electrons. The molecule has 1 N–H and O–H groups in total. The van der Waals surface area contributed by atoms with Crippen LogP contribution in [0.1, 0.15) is 17.0 Å². The van der Waals surface area contributed by atoms with Gasteiger partial charge in [-0.15, -0.1) is 0 Å². The fourth-order valence-corrected chi connectivity index (χ4v) is 3.32. The van der Waals surface area contributed by atoms with E-state index in [1.807, 2.05) is 25.1 Å². The number of aryl methyl sites for hydroxylation is 1. The average molecular weight is 325 g/mol. The Hall–Kier alpha value is -1.43.